The van der Waals surface area contributed by atoms with Crippen molar-refractivity contribution in [2.75, 3.05) is 31.5 Å². The van der Waals surface area contributed by atoms with Crippen molar-refractivity contribution in [1.29, 1.82) is 0 Å². The molecule has 9 heteroatoms. The Labute approximate surface area is 192 Å². The van der Waals surface area contributed by atoms with Crippen molar-refractivity contribution < 1.29 is 28.3 Å². The predicted molar refractivity (Wildman–Crippen MR) is 118 cm³/mol. The molecule has 6 rings (SSSR count). The minimum absolute atomic E-state index is 0.123. The van der Waals surface area contributed by atoms with Crippen LogP contribution < -0.4 is 5.32 Å². The summed E-state index contributed by atoms with van der Waals surface area (Å²) in [5, 5.41) is 14.4. The van der Waals surface area contributed by atoms with Gasteiger partial charge in [-0.25, -0.2) is 9.78 Å². The Hall–Kier alpha value is -2.78. The molecule has 2 aromatic heterocycles. The molecule has 176 valence electrons. The molecule has 1 aliphatic carbocycles. The summed E-state index contributed by atoms with van der Waals surface area (Å²) in [5.74, 6) is -0.199. The quantitative estimate of drug-likeness (QED) is 0.486. The summed E-state index contributed by atoms with van der Waals surface area (Å²) in [5.41, 5.74) is -1.23. The molecule has 3 aliphatic heterocycles. The molecule has 5 heterocycles. The fourth-order valence-electron chi connectivity index (χ4n) is 6.00. The number of aliphatic hydroxyl groups is 1. The van der Waals surface area contributed by atoms with Crippen LogP contribution in [-0.4, -0.2) is 63.7 Å². The lowest BCUT2D eigenvalue weighted by molar-refractivity contribution is -0.939. The maximum Gasteiger partial charge on any atom is 0.343 e. The molecular weight excluding hydrogens is 424 g/mol. The van der Waals surface area contributed by atoms with Crippen LogP contribution in [0.2, 0.25) is 0 Å². The molecule has 2 bridgehead atoms. The summed E-state index contributed by atoms with van der Waals surface area (Å²) in [6.07, 6.45) is 12.6. The van der Waals surface area contributed by atoms with Gasteiger partial charge < -0.3 is 24.1 Å². The standard InChI is InChI=1S/C24H30N4O5/c29-22(27-21-13-25-8-9-26-21)15-28-10-5-17(6-11-28)20(14-28)33-23(30)24(31,18-3-1-2-4-18)19-7-12-32-16-19/h7-9,12-13,16-18,20,31H,1-6,10-11,14-15H2/p+1/t17?,20?,24-,28?/m1/s1. The Bertz CT molecular complexity index is 968. The highest BCUT2D eigenvalue weighted by Gasteiger charge is 2.53. The van der Waals surface area contributed by atoms with Crippen LogP contribution in [0.1, 0.15) is 44.1 Å². The number of hydrogen-bond donors (Lipinski definition) is 2. The zero-order valence-corrected chi connectivity index (χ0v) is 18.7. The molecule has 4 aliphatic rings. The number of fused-ring (bicyclic) bond motifs is 3. The Morgan fingerprint density at radius 1 is 1.21 bits per heavy atom. The molecule has 0 spiro atoms. The first kappa shape index (κ1) is 22.0. The van der Waals surface area contributed by atoms with Gasteiger partial charge in [0.15, 0.2) is 24.1 Å². The van der Waals surface area contributed by atoms with E-state index in [-0.39, 0.29) is 23.8 Å². The van der Waals surface area contributed by atoms with Gasteiger partial charge in [-0.3, -0.25) is 9.78 Å². The van der Waals surface area contributed by atoms with Crippen LogP contribution in [0.3, 0.4) is 0 Å². The molecule has 3 saturated heterocycles. The van der Waals surface area contributed by atoms with E-state index in [1.165, 1.54) is 24.9 Å². The van der Waals surface area contributed by atoms with E-state index >= 15 is 0 Å². The number of piperidine rings is 3. The maximum absolute atomic E-state index is 13.4. The fourth-order valence-corrected chi connectivity index (χ4v) is 6.00. The van der Waals surface area contributed by atoms with Gasteiger partial charge in [0.05, 0.1) is 31.8 Å². The molecule has 1 unspecified atom stereocenters. The maximum atomic E-state index is 13.4. The van der Waals surface area contributed by atoms with E-state index in [1.54, 1.807) is 12.3 Å². The number of hydrogen-bond acceptors (Lipinski definition) is 7. The summed E-state index contributed by atoms with van der Waals surface area (Å²) in [6, 6.07) is 1.65. The molecule has 0 radical (unpaired) electrons. The number of anilines is 1. The second-order valence-electron chi connectivity index (χ2n) is 9.81. The molecule has 2 N–H and O–H groups in total. The summed E-state index contributed by atoms with van der Waals surface area (Å²) >= 11 is 0. The first-order valence-corrected chi connectivity index (χ1v) is 11.9. The van der Waals surface area contributed by atoms with E-state index in [1.807, 2.05) is 0 Å². The molecule has 4 fully saturated rings. The molecule has 33 heavy (non-hydrogen) atoms. The Balaban J connectivity index is 1.28. The van der Waals surface area contributed by atoms with Crippen LogP contribution >= 0.6 is 0 Å². The largest absolute Gasteiger partial charge is 0.472 e. The number of esters is 1. The average molecular weight is 456 g/mol. The van der Waals surface area contributed by atoms with Crippen LogP contribution in [0.25, 0.3) is 0 Å². The lowest BCUT2D eigenvalue weighted by Gasteiger charge is -2.51. The Morgan fingerprint density at radius 2 is 2.00 bits per heavy atom. The number of nitrogens with zero attached hydrogens (tertiary/aromatic N) is 3. The van der Waals surface area contributed by atoms with E-state index < -0.39 is 11.6 Å². The Kier molecular flexibility index (Phi) is 5.92. The third-order valence-electron chi connectivity index (χ3n) is 7.83. The van der Waals surface area contributed by atoms with Gasteiger partial charge in [-0.1, -0.05) is 12.8 Å². The molecule has 1 saturated carbocycles. The number of carbonyl (C=O) groups is 2. The molecule has 1 amide bonds. The monoisotopic (exact) mass is 455 g/mol. The van der Waals surface area contributed by atoms with E-state index in [0.29, 0.717) is 29.0 Å². The van der Waals surface area contributed by atoms with Crippen LogP contribution in [0.15, 0.2) is 41.6 Å². The minimum Gasteiger partial charge on any atom is -0.472 e. The van der Waals surface area contributed by atoms with Crippen molar-refractivity contribution in [2.24, 2.45) is 11.8 Å². The molecule has 2 atom stereocenters. The van der Waals surface area contributed by atoms with Crippen molar-refractivity contribution in [1.82, 2.24) is 9.97 Å². The minimum atomic E-state index is -1.69. The van der Waals surface area contributed by atoms with Crippen molar-refractivity contribution in [3.63, 3.8) is 0 Å². The number of rotatable bonds is 7. The van der Waals surface area contributed by atoms with Gasteiger partial charge in [0.2, 0.25) is 0 Å². The third-order valence-corrected chi connectivity index (χ3v) is 7.83. The van der Waals surface area contributed by atoms with Gasteiger partial charge in [-0.05, 0) is 18.9 Å². The number of aromatic nitrogens is 2. The lowest BCUT2D eigenvalue weighted by Crippen LogP contribution is -2.66. The van der Waals surface area contributed by atoms with Crippen molar-refractivity contribution in [3.05, 3.63) is 42.7 Å². The molecule has 2 aromatic rings. The number of furan rings is 1. The number of carbonyl (C=O) groups excluding carboxylic acids is 2. The van der Waals surface area contributed by atoms with Crippen LogP contribution in [0, 0.1) is 11.8 Å². The summed E-state index contributed by atoms with van der Waals surface area (Å²) in [6.45, 7) is 2.63. The van der Waals surface area contributed by atoms with Crippen molar-refractivity contribution >= 4 is 17.7 Å². The van der Waals surface area contributed by atoms with Crippen LogP contribution in [0.4, 0.5) is 5.82 Å². The fraction of sp³-hybridized carbons (Fsp3) is 0.583. The first-order chi connectivity index (χ1) is 16.0. The van der Waals surface area contributed by atoms with E-state index in [2.05, 4.69) is 15.3 Å². The van der Waals surface area contributed by atoms with E-state index in [4.69, 9.17) is 9.15 Å². The van der Waals surface area contributed by atoms with Crippen molar-refractivity contribution in [3.8, 4) is 0 Å². The topological polar surface area (TPSA) is 115 Å². The Morgan fingerprint density at radius 3 is 2.67 bits per heavy atom. The molecule has 0 aromatic carbocycles. The van der Waals surface area contributed by atoms with Crippen LogP contribution in [0.5, 0.6) is 0 Å². The van der Waals surface area contributed by atoms with Gasteiger partial charge in [0.1, 0.15) is 6.54 Å². The predicted octanol–water partition coefficient (Wildman–Crippen LogP) is 2.24. The third kappa shape index (κ3) is 4.27. The van der Waals surface area contributed by atoms with E-state index in [9.17, 15) is 14.7 Å². The smallest absolute Gasteiger partial charge is 0.343 e. The second-order valence-corrected chi connectivity index (χ2v) is 9.81. The highest BCUT2D eigenvalue weighted by atomic mass is 16.6. The van der Waals surface area contributed by atoms with Gasteiger partial charge in [0.25, 0.3) is 5.91 Å². The van der Waals surface area contributed by atoms with Gasteiger partial charge in [-0.15, -0.1) is 0 Å². The van der Waals surface area contributed by atoms with Gasteiger partial charge in [-0.2, -0.15) is 0 Å². The van der Waals surface area contributed by atoms with Gasteiger partial charge in [0, 0.05) is 42.6 Å². The SMILES string of the molecule is O=C(C[N+]12CCC(CC1)C(OC(=O)[C@](O)(c1ccoc1)C1CCCC1)C2)Nc1cnccn1. The number of amides is 1. The molecule has 9 nitrogen and oxygen atoms in total. The first-order valence-electron chi connectivity index (χ1n) is 11.9. The van der Waals surface area contributed by atoms with Crippen LogP contribution in [-0.2, 0) is 19.9 Å². The summed E-state index contributed by atoms with van der Waals surface area (Å²) in [4.78, 5) is 34.3. The van der Waals surface area contributed by atoms with Gasteiger partial charge >= 0.3 is 5.97 Å². The highest BCUT2D eigenvalue weighted by molar-refractivity contribution is 5.90. The summed E-state index contributed by atoms with van der Waals surface area (Å²) < 4.78 is 11.8. The molecular formula is C24H31N4O5+. The summed E-state index contributed by atoms with van der Waals surface area (Å²) in [7, 11) is 0. The average Bonchev–Trinajstić information content (AvgIpc) is 3.54. The number of quaternary nitrogens is 1. The normalized spacial score (nSPS) is 28.9. The second kappa shape index (κ2) is 8.87. The lowest BCUT2D eigenvalue weighted by atomic mass is 9.80. The van der Waals surface area contributed by atoms with E-state index in [0.717, 1.165) is 51.6 Å². The van der Waals surface area contributed by atoms with Crippen molar-refractivity contribution in [2.45, 2.75) is 50.2 Å². The zero-order valence-electron chi connectivity index (χ0n) is 18.7. The highest BCUT2D eigenvalue weighted by Crippen LogP contribution is 2.43. The number of ether oxygens (including phenoxy) is 1. The number of nitrogens with one attached hydrogen (secondary N) is 1. The zero-order chi connectivity index (χ0) is 22.9.